The number of carboxylic acid groups (broad SMARTS) is 1. The van der Waals surface area contributed by atoms with Crippen LogP contribution in [0.25, 0.3) is 0 Å². The third-order valence-corrected chi connectivity index (χ3v) is 5.55. The van der Waals surface area contributed by atoms with Crippen molar-refractivity contribution in [1.29, 1.82) is 0 Å². The molecule has 2 rings (SSSR count). The molecule has 2 aromatic carbocycles. The first kappa shape index (κ1) is 21.4. The average molecular weight is 404 g/mol. The Morgan fingerprint density at radius 3 is 2.21 bits per heavy atom. The number of carboxylic acids is 1. The molecular formula is C20H24N2O5S. The molecule has 0 radical (unpaired) electrons. The highest BCUT2D eigenvalue weighted by molar-refractivity contribution is 7.92. The molecule has 2 aromatic rings. The summed E-state index contributed by atoms with van der Waals surface area (Å²) in [4.78, 5) is 22.9. The van der Waals surface area contributed by atoms with E-state index in [1.165, 1.54) is 28.6 Å². The van der Waals surface area contributed by atoms with Crippen molar-refractivity contribution >= 4 is 33.3 Å². The number of nitrogens with zero attached hydrogens (tertiary/aromatic N) is 1. The second-order valence-corrected chi connectivity index (χ2v) is 8.54. The zero-order valence-corrected chi connectivity index (χ0v) is 16.9. The quantitative estimate of drug-likeness (QED) is 0.703. The van der Waals surface area contributed by atoms with Crippen molar-refractivity contribution in [2.45, 2.75) is 26.7 Å². The lowest BCUT2D eigenvalue weighted by atomic mass is 10.1. The number of amides is 1. The summed E-state index contributed by atoms with van der Waals surface area (Å²) in [6.45, 7) is 4.06. The number of carbonyl (C=O) groups excluding carboxylic acids is 1. The van der Waals surface area contributed by atoms with Crippen LogP contribution in [0.4, 0.5) is 11.4 Å². The number of carbonyl (C=O) groups is 2. The van der Waals surface area contributed by atoms with Crippen LogP contribution in [0.3, 0.4) is 0 Å². The maximum Gasteiger partial charge on any atom is 0.335 e. The minimum Gasteiger partial charge on any atom is -0.478 e. The summed E-state index contributed by atoms with van der Waals surface area (Å²) < 4.78 is 25.6. The molecule has 0 unspecified atom stereocenters. The Hall–Kier alpha value is -2.87. The Bertz CT molecular complexity index is 969. The SMILES string of the molecule is Cc1ccc(N(CCCC(=O)Nc2ccc(C(=O)O)cc2)S(C)(=O)=O)cc1C. The summed E-state index contributed by atoms with van der Waals surface area (Å²) in [5.41, 5.74) is 3.27. The van der Waals surface area contributed by atoms with Crippen molar-refractivity contribution in [3.8, 4) is 0 Å². The maximum atomic E-state index is 12.2. The second kappa shape index (κ2) is 8.88. The first-order chi connectivity index (χ1) is 13.1. The summed E-state index contributed by atoms with van der Waals surface area (Å²) in [6.07, 6.45) is 1.63. The Morgan fingerprint density at radius 1 is 1.04 bits per heavy atom. The van der Waals surface area contributed by atoms with E-state index in [4.69, 9.17) is 5.11 Å². The van der Waals surface area contributed by atoms with E-state index in [0.717, 1.165) is 17.4 Å². The molecule has 2 N–H and O–H groups in total. The molecule has 0 saturated carbocycles. The van der Waals surface area contributed by atoms with Crippen LogP contribution in [-0.4, -0.2) is 38.2 Å². The van der Waals surface area contributed by atoms with Gasteiger partial charge >= 0.3 is 5.97 Å². The van der Waals surface area contributed by atoms with Crippen LogP contribution in [0.15, 0.2) is 42.5 Å². The molecule has 8 heteroatoms. The number of hydrogen-bond acceptors (Lipinski definition) is 4. The van der Waals surface area contributed by atoms with Crippen LogP contribution in [0.1, 0.15) is 34.3 Å². The molecule has 0 aliphatic heterocycles. The topological polar surface area (TPSA) is 104 Å². The van der Waals surface area contributed by atoms with Crippen LogP contribution >= 0.6 is 0 Å². The van der Waals surface area contributed by atoms with Gasteiger partial charge in [-0.2, -0.15) is 0 Å². The summed E-state index contributed by atoms with van der Waals surface area (Å²) >= 11 is 0. The van der Waals surface area contributed by atoms with E-state index in [9.17, 15) is 18.0 Å². The van der Waals surface area contributed by atoms with Gasteiger partial charge in [0.25, 0.3) is 0 Å². The molecule has 0 saturated heterocycles. The van der Waals surface area contributed by atoms with Gasteiger partial charge in [-0.1, -0.05) is 6.07 Å². The van der Waals surface area contributed by atoms with E-state index in [2.05, 4.69) is 5.32 Å². The number of nitrogens with one attached hydrogen (secondary N) is 1. The molecule has 0 bridgehead atoms. The zero-order chi connectivity index (χ0) is 20.9. The van der Waals surface area contributed by atoms with Gasteiger partial charge in [-0.15, -0.1) is 0 Å². The van der Waals surface area contributed by atoms with Gasteiger partial charge in [0, 0.05) is 18.7 Å². The summed E-state index contributed by atoms with van der Waals surface area (Å²) in [6, 6.07) is 11.3. The molecule has 7 nitrogen and oxygen atoms in total. The predicted molar refractivity (Wildman–Crippen MR) is 109 cm³/mol. The Kier molecular flexibility index (Phi) is 6.80. The molecule has 0 aliphatic carbocycles. The number of hydrogen-bond donors (Lipinski definition) is 2. The standard InChI is InChI=1S/C20H24N2O5S/c1-14-6-11-18(13-15(14)2)22(28(3,26)27)12-4-5-19(23)21-17-9-7-16(8-10-17)20(24)25/h6-11,13H,4-5,12H2,1-3H3,(H,21,23)(H,24,25). The van der Waals surface area contributed by atoms with Crippen molar-refractivity contribution in [2.75, 3.05) is 22.4 Å². The average Bonchev–Trinajstić information content (AvgIpc) is 2.60. The summed E-state index contributed by atoms with van der Waals surface area (Å²) in [5, 5.41) is 11.6. The molecule has 28 heavy (non-hydrogen) atoms. The number of sulfonamides is 1. The Balaban J connectivity index is 1.97. The summed E-state index contributed by atoms with van der Waals surface area (Å²) in [7, 11) is -3.47. The van der Waals surface area contributed by atoms with Crippen molar-refractivity contribution in [3.63, 3.8) is 0 Å². The van der Waals surface area contributed by atoms with E-state index in [1.54, 1.807) is 6.07 Å². The van der Waals surface area contributed by atoms with E-state index in [0.29, 0.717) is 17.8 Å². The number of benzene rings is 2. The third-order valence-electron chi connectivity index (χ3n) is 4.36. The molecule has 0 heterocycles. The van der Waals surface area contributed by atoms with E-state index in [-0.39, 0.29) is 24.4 Å². The smallest absolute Gasteiger partial charge is 0.335 e. The lowest BCUT2D eigenvalue weighted by molar-refractivity contribution is -0.116. The number of rotatable bonds is 8. The lowest BCUT2D eigenvalue weighted by Crippen LogP contribution is -2.31. The van der Waals surface area contributed by atoms with Gasteiger partial charge in [0.2, 0.25) is 15.9 Å². The fraction of sp³-hybridized carbons (Fsp3) is 0.300. The largest absolute Gasteiger partial charge is 0.478 e. The molecule has 0 aliphatic rings. The summed E-state index contributed by atoms with van der Waals surface area (Å²) in [5.74, 6) is -1.30. The van der Waals surface area contributed by atoms with Crippen LogP contribution in [0.5, 0.6) is 0 Å². The second-order valence-electron chi connectivity index (χ2n) is 6.64. The minimum absolute atomic E-state index is 0.134. The molecule has 0 atom stereocenters. The first-order valence-corrected chi connectivity index (χ1v) is 10.6. The van der Waals surface area contributed by atoms with E-state index in [1.807, 2.05) is 26.0 Å². The van der Waals surface area contributed by atoms with Crippen LogP contribution in [0, 0.1) is 13.8 Å². The lowest BCUT2D eigenvalue weighted by Gasteiger charge is -2.23. The van der Waals surface area contributed by atoms with Gasteiger partial charge in [0.05, 0.1) is 17.5 Å². The zero-order valence-electron chi connectivity index (χ0n) is 16.1. The van der Waals surface area contributed by atoms with E-state index < -0.39 is 16.0 Å². The van der Waals surface area contributed by atoms with Gasteiger partial charge in [-0.05, 0) is 67.8 Å². The van der Waals surface area contributed by atoms with Crippen LogP contribution in [-0.2, 0) is 14.8 Å². The van der Waals surface area contributed by atoms with Crippen LogP contribution in [0.2, 0.25) is 0 Å². The molecule has 0 fully saturated rings. The normalized spacial score (nSPS) is 11.1. The number of anilines is 2. The first-order valence-electron chi connectivity index (χ1n) is 8.76. The van der Waals surface area contributed by atoms with Gasteiger partial charge in [-0.25, -0.2) is 13.2 Å². The highest BCUT2D eigenvalue weighted by Gasteiger charge is 2.18. The molecular weight excluding hydrogens is 380 g/mol. The van der Waals surface area contributed by atoms with Gasteiger partial charge in [-0.3, -0.25) is 9.10 Å². The van der Waals surface area contributed by atoms with Crippen LogP contribution < -0.4 is 9.62 Å². The van der Waals surface area contributed by atoms with E-state index >= 15 is 0 Å². The van der Waals surface area contributed by atoms with Gasteiger partial charge in [0.15, 0.2) is 0 Å². The number of aromatic carboxylic acids is 1. The van der Waals surface area contributed by atoms with Crippen molar-refractivity contribution in [2.24, 2.45) is 0 Å². The maximum absolute atomic E-state index is 12.2. The predicted octanol–water partition coefficient (Wildman–Crippen LogP) is 3.19. The molecule has 0 spiro atoms. The number of aryl methyl sites for hydroxylation is 2. The van der Waals surface area contributed by atoms with Gasteiger partial charge in [0.1, 0.15) is 0 Å². The Labute approximate surface area is 165 Å². The highest BCUT2D eigenvalue weighted by atomic mass is 32.2. The van der Waals surface area contributed by atoms with Crippen molar-refractivity contribution < 1.29 is 23.1 Å². The fourth-order valence-electron chi connectivity index (χ4n) is 2.67. The molecule has 150 valence electrons. The Morgan fingerprint density at radius 2 is 1.68 bits per heavy atom. The molecule has 0 aromatic heterocycles. The molecule has 1 amide bonds. The monoisotopic (exact) mass is 404 g/mol. The highest BCUT2D eigenvalue weighted by Crippen LogP contribution is 2.22. The minimum atomic E-state index is -3.47. The fourth-order valence-corrected chi connectivity index (χ4v) is 3.63. The van der Waals surface area contributed by atoms with Crippen molar-refractivity contribution in [3.05, 3.63) is 59.2 Å². The third kappa shape index (κ3) is 5.82. The van der Waals surface area contributed by atoms with Gasteiger partial charge < -0.3 is 10.4 Å². The van der Waals surface area contributed by atoms with Crippen molar-refractivity contribution in [1.82, 2.24) is 0 Å².